The number of β-amino-alcohol motifs (C(OH)–C–C–N with tert-alkyl or cyclic N) is 1. The lowest BCUT2D eigenvalue weighted by atomic mass is 10.0. The summed E-state index contributed by atoms with van der Waals surface area (Å²) in [5, 5.41) is 9.90. The van der Waals surface area contributed by atoms with Crippen molar-refractivity contribution in [2.45, 2.75) is 31.3 Å². The molecule has 0 bridgehead atoms. The Kier molecular flexibility index (Phi) is 4.31. The molecule has 1 aliphatic rings. The van der Waals surface area contributed by atoms with Gasteiger partial charge in [-0.2, -0.15) is 13.2 Å². The SMILES string of the molecule is O=C(Cn1ccnc1)N1CC(O)CC1c1ccc(C(F)(F)F)cc1. The molecule has 2 heterocycles. The average molecular weight is 339 g/mol. The summed E-state index contributed by atoms with van der Waals surface area (Å²) in [5.41, 5.74) is -0.153. The molecule has 0 saturated carbocycles. The maximum absolute atomic E-state index is 12.7. The lowest BCUT2D eigenvalue weighted by molar-refractivity contribution is -0.137. The van der Waals surface area contributed by atoms with Gasteiger partial charge >= 0.3 is 6.18 Å². The van der Waals surface area contributed by atoms with Gasteiger partial charge in [0.05, 0.1) is 24.0 Å². The number of aromatic nitrogens is 2. The van der Waals surface area contributed by atoms with E-state index in [9.17, 15) is 23.1 Å². The minimum absolute atomic E-state index is 0.0733. The van der Waals surface area contributed by atoms with Crippen LogP contribution >= 0.6 is 0 Å². The zero-order chi connectivity index (χ0) is 17.3. The largest absolute Gasteiger partial charge is 0.416 e. The van der Waals surface area contributed by atoms with Crippen LogP contribution < -0.4 is 0 Å². The number of carbonyl (C=O) groups excluding carboxylic acids is 1. The molecule has 24 heavy (non-hydrogen) atoms. The lowest BCUT2D eigenvalue weighted by Crippen LogP contribution is -2.34. The molecule has 0 aliphatic carbocycles. The van der Waals surface area contributed by atoms with E-state index in [1.807, 2.05) is 0 Å². The smallest absolute Gasteiger partial charge is 0.391 e. The van der Waals surface area contributed by atoms with E-state index in [0.717, 1.165) is 12.1 Å². The maximum atomic E-state index is 12.7. The summed E-state index contributed by atoms with van der Waals surface area (Å²) >= 11 is 0. The van der Waals surface area contributed by atoms with Crippen molar-refractivity contribution in [1.82, 2.24) is 14.5 Å². The molecular weight excluding hydrogens is 323 g/mol. The summed E-state index contributed by atoms with van der Waals surface area (Å²) in [6, 6.07) is 4.29. The predicted molar refractivity (Wildman–Crippen MR) is 78.7 cm³/mol. The van der Waals surface area contributed by atoms with E-state index < -0.39 is 23.9 Å². The molecule has 128 valence electrons. The van der Waals surface area contributed by atoms with E-state index >= 15 is 0 Å². The van der Waals surface area contributed by atoms with Gasteiger partial charge < -0.3 is 14.6 Å². The molecule has 1 fully saturated rings. The Bertz CT molecular complexity index is 698. The van der Waals surface area contributed by atoms with Crippen molar-refractivity contribution in [2.75, 3.05) is 6.54 Å². The number of aliphatic hydroxyl groups excluding tert-OH is 1. The zero-order valence-corrected chi connectivity index (χ0v) is 12.6. The second-order valence-electron chi connectivity index (χ2n) is 5.81. The fourth-order valence-corrected chi connectivity index (χ4v) is 2.93. The Morgan fingerprint density at radius 2 is 2.00 bits per heavy atom. The number of amides is 1. The van der Waals surface area contributed by atoms with E-state index in [-0.39, 0.29) is 19.0 Å². The molecule has 0 radical (unpaired) electrons. The Balaban J connectivity index is 1.78. The number of rotatable bonds is 3. The second-order valence-corrected chi connectivity index (χ2v) is 5.81. The van der Waals surface area contributed by atoms with Crippen LogP contribution in [0.2, 0.25) is 0 Å². The van der Waals surface area contributed by atoms with Crippen LogP contribution in [0, 0.1) is 0 Å². The topological polar surface area (TPSA) is 58.4 Å². The number of aliphatic hydroxyl groups is 1. The Labute approximate surface area is 136 Å². The number of benzene rings is 1. The van der Waals surface area contributed by atoms with Crippen molar-refractivity contribution in [3.8, 4) is 0 Å². The summed E-state index contributed by atoms with van der Waals surface area (Å²) in [6.07, 6.45) is -0.0655. The zero-order valence-electron chi connectivity index (χ0n) is 12.6. The van der Waals surface area contributed by atoms with Gasteiger partial charge in [0.1, 0.15) is 6.54 Å². The van der Waals surface area contributed by atoms with E-state index in [1.165, 1.54) is 23.4 Å². The molecule has 1 aromatic carbocycles. The van der Waals surface area contributed by atoms with Crippen LogP contribution in [0.15, 0.2) is 43.0 Å². The molecule has 2 atom stereocenters. The molecule has 1 aliphatic heterocycles. The average Bonchev–Trinajstić information content (AvgIpc) is 3.16. The maximum Gasteiger partial charge on any atom is 0.416 e. The number of nitrogens with zero attached hydrogens (tertiary/aromatic N) is 3. The number of imidazole rings is 1. The van der Waals surface area contributed by atoms with Gasteiger partial charge in [-0.15, -0.1) is 0 Å². The fourth-order valence-electron chi connectivity index (χ4n) is 2.93. The molecule has 1 aromatic heterocycles. The molecular formula is C16H16F3N3O2. The van der Waals surface area contributed by atoms with Gasteiger partial charge in [-0.3, -0.25) is 4.79 Å². The van der Waals surface area contributed by atoms with Crippen LogP contribution in [0.5, 0.6) is 0 Å². The fraction of sp³-hybridized carbons (Fsp3) is 0.375. The number of likely N-dealkylation sites (tertiary alicyclic amines) is 1. The van der Waals surface area contributed by atoms with Crippen LogP contribution in [0.25, 0.3) is 0 Å². The molecule has 2 aromatic rings. The molecule has 0 spiro atoms. The number of halogens is 3. The highest BCUT2D eigenvalue weighted by molar-refractivity contribution is 5.77. The Morgan fingerprint density at radius 1 is 1.29 bits per heavy atom. The molecule has 1 amide bonds. The highest BCUT2D eigenvalue weighted by Crippen LogP contribution is 2.35. The van der Waals surface area contributed by atoms with Crippen LogP contribution in [0.4, 0.5) is 13.2 Å². The molecule has 1 N–H and O–H groups in total. The molecule has 1 saturated heterocycles. The summed E-state index contributed by atoms with van der Waals surface area (Å²) in [6.45, 7) is 0.239. The number of carbonyl (C=O) groups is 1. The monoisotopic (exact) mass is 339 g/mol. The quantitative estimate of drug-likeness (QED) is 0.933. The van der Waals surface area contributed by atoms with Gasteiger partial charge in [-0.05, 0) is 24.1 Å². The summed E-state index contributed by atoms with van der Waals surface area (Å²) in [5.74, 6) is -0.213. The predicted octanol–water partition coefficient (Wildman–Crippen LogP) is 2.24. The van der Waals surface area contributed by atoms with Crippen molar-refractivity contribution < 1.29 is 23.1 Å². The first-order valence-electron chi connectivity index (χ1n) is 7.45. The lowest BCUT2D eigenvalue weighted by Gasteiger charge is -2.25. The minimum atomic E-state index is -4.40. The third-order valence-corrected chi connectivity index (χ3v) is 4.10. The van der Waals surface area contributed by atoms with Gasteiger partial charge in [0, 0.05) is 18.9 Å². The molecule has 3 rings (SSSR count). The van der Waals surface area contributed by atoms with Crippen molar-refractivity contribution in [1.29, 1.82) is 0 Å². The van der Waals surface area contributed by atoms with Gasteiger partial charge in [0.15, 0.2) is 0 Å². The first kappa shape index (κ1) is 16.5. The second kappa shape index (κ2) is 6.27. The van der Waals surface area contributed by atoms with E-state index in [4.69, 9.17) is 0 Å². The van der Waals surface area contributed by atoms with Gasteiger partial charge in [0.25, 0.3) is 0 Å². The summed E-state index contributed by atoms with van der Waals surface area (Å²) in [4.78, 5) is 17.8. The molecule has 5 nitrogen and oxygen atoms in total. The standard InChI is InChI=1S/C16H16F3N3O2/c17-16(18,19)12-3-1-11(2-4-12)14-7-13(23)8-22(14)15(24)9-21-6-5-20-10-21/h1-6,10,13-14,23H,7-9H2. The highest BCUT2D eigenvalue weighted by Gasteiger charge is 2.36. The first-order chi connectivity index (χ1) is 11.3. The highest BCUT2D eigenvalue weighted by atomic mass is 19.4. The number of hydrogen-bond donors (Lipinski definition) is 1. The van der Waals surface area contributed by atoms with E-state index in [1.54, 1.807) is 17.0 Å². The van der Waals surface area contributed by atoms with Gasteiger partial charge in [-0.1, -0.05) is 12.1 Å². The van der Waals surface area contributed by atoms with Crippen LogP contribution in [-0.4, -0.2) is 38.1 Å². The Morgan fingerprint density at radius 3 is 2.58 bits per heavy atom. The van der Waals surface area contributed by atoms with Crippen molar-refractivity contribution >= 4 is 5.91 Å². The molecule has 2 unspecified atom stereocenters. The van der Waals surface area contributed by atoms with Crippen LogP contribution in [0.3, 0.4) is 0 Å². The summed E-state index contributed by atoms with van der Waals surface area (Å²) in [7, 11) is 0. The Hall–Kier alpha value is -2.35. The third kappa shape index (κ3) is 3.43. The van der Waals surface area contributed by atoms with Crippen molar-refractivity contribution in [3.63, 3.8) is 0 Å². The summed E-state index contributed by atoms with van der Waals surface area (Å²) < 4.78 is 39.6. The normalized spacial score (nSPS) is 21.2. The molecule has 8 heteroatoms. The minimum Gasteiger partial charge on any atom is -0.391 e. The van der Waals surface area contributed by atoms with Crippen molar-refractivity contribution in [2.24, 2.45) is 0 Å². The first-order valence-corrected chi connectivity index (χ1v) is 7.45. The van der Waals surface area contributed by atoms with E-state index in [0.29, 0.717) is 12.0 Å². The van der Waals surface area contributed by atoms with Gasteiger partial charge in [0.2, 0.25) is 5.91 Å². The number of hydrogen-bond acceptors (Lipinski definition) is 3. The van der Waals surface area contributed by atoms with Crippen molar-refractivity contribution in [3.05, 3.63) is 54.1 Å². The van der Waals surface area contributed by atoms with Crippen LogP contribution in [0.1, 0.15) is 23.6 Å². The van der Waals surface area contributed by atoms with Crippen LogP contribution in [-0.2, 0) is 17.5 Å². The third-order valence-electron chi connectivity index (χ3n) is 4.10. The number of alkyl halides is 3. The van der Waals surface area contributed by atoms with Gasteiger partial charge in [-0.25, -0.2) is 4.98 Å². The van der Waals surface area contributed by atoms with E-state index in [2.05, 4.69) is 4.98 Å².